The molecule has 5 heterocycles. The third kappa shape index (κ3) is 45.9. The number of pyridine rings is 3. The van der Waals surface area contributed by atoms with Gasteiger partial charge in [0.2, 0.25) is 5.56 Å². The molecule has 7 heteroatoms. The summed E-state index contributed by atoms with van der Waals surface area (Å²) in [6.07, 6.45) is 14.1. The topological polar surface area (TPSA) is 88.8 Å². The second-order valence-electron chi connectivity index (χ2n) is 11.4. The summed E-state index contributed by atoms with van der Waals surface area (Å²) in [5.41, 5.74) is 3.39. The van der Waals surface area contributed by atoms with Crippen LogP contribution in [0.2, 0.25) is 0 Å². The minimum Gasteiger partial charge on any atom is -0.329 e. The van der Waals surface area contributed by atoms with Crippen LogP contribution in [-0.4, -0.2) is 29.5 Å². The molecule has 5 aromatic heterocycles. The molecule has 0 spiro atoms. The first kappa shape index (κ1) is 60.0. The number of H-pyrrole nitrogens is 1. The van der Waals surface area contributed by atoms with Gasteiger partial charge in [-0.3, -0.25) is 9.78 Å². The first-order chi connectivity index (χ1) is 24.9. The average molecular weight is 723 g/mol. The zero-order valence-corrected chi connectivity index (χ0v) is 37.3. The summed E-state index contributed by atoms with van der Waals surface area (Å²) in [5, 5.41) is 4.04. The molecule has 1 N–H and O–H groups in total. The highest BCUT2D eigenvalue weighted by Crippen LogP contribution is 2.10. The lowest BCUT2D eigenvalue weighted by atomic mass is 10.1. The van der Waals surface area contributed by atoms with Crippen LogP contribution in [0, 0.1) is 11.8 Å². The molecule has 0 radical (unpaired) electrons. The number of aromatic nitrogens is 6. The molecular weight excluding hydrogens is 641 g/mol. The lowest BCUT2D eigenvalue weighted by molar-refractivity contribution is 0.736. The van der Waals surface area contributed by atoms with Gasteiger partial charge in [0.05, 0.1) is 5.52 Å². The van der Waals surface area contributed by atoms with Crippen LogP contribution in [0.1, 0.15) is 161 Å². The molecule has 0 aliphatic carbocycles. The highest BCUT2D eigenvalue weighted by atomic mass is 16.1. The predicted molar refractivity (Wildman–Crippen MR) is 234 cm³/mol. The molecule has 0 aliphatic rings. The first-order valence-electron chi connectivity index (χ1n) is 19.6. The summed E-state index contributed by atoms with van der Waals surface area (Å²) in [4.78, 5) is 24.9. The number of fused-ring (bicyclic) bond motifs is 1. The fourth-order valence-corrected chi connectivity index (χ4v) is 2.61. The van der Waals surface area contributed by atoms with Gasteiger partial charge in [-0.25, -0.2) is 14.5 Å². The summed E-state index contributed by atoms with van der Waals surface area (Å²) in [7, 11) is 0. The van der Waals surface area contributed by atoms with Gasteiger partial charge in [0.15, 0.2) is 0 Å². The van der Waals surface area contributed by atoms with Crippen LogP contribution in [0.3, 0.4) is 0 Å². The Hall–Kier alpha value is -4.13. The van der Waals surface area contributed by atoms with Crippen LogP contribution in [0.4, 0.5) is 0 Å². The van der Waals surface area contributed by atoms with E-state index in [0.29, 0.717) is 11.8 Å². The maximum Gasteiger partial charge on any atom is 0.248 e. The number of hydrogen-bond acceptors (Lipinski definition) is 5. The van der Waals surface area contributed by atoms with Crippen LogP contribution in [-0.2, 0) is 0 Å². The van der Waals surface area contributed by atoms with Crippen molar-refractivity contribution in [1.82, 2.24) is 29.5 Å². The average Bonchev–Trinajstić information content (AvgIpc) is 3.66. The van der Waals surface area contributed by atoms with Crippen molar-refractivity contribution in [2.75, 3.05) is 0 Å². The number of rotatable bonds is 2. The molecule has 0 fully saturated rings. The summed E-state index contributed by atoms with van der Waals surface area (Å²) in [6, 6.07) is 17.2. The van der Waals surface area contributed by atoms with Crippen molar-refractivity contribution in [2.45, 2.75) is 150 Å². The number of hydrogen-bond donors (Lipinski definition) is 1. The van der Waals surface area contributed by atoms with E-state index < -0.39 is 0 Å². The van der Waals surface area contributed by atoms with Gasteiger partial charge in [0.25, 0.3) is 0 Å². The molecule has 0 aromatic carbocycles. The lowest BCUT2D eigenvalue weighted by Crippen LogP contribution is -2.04. The fourth-order valence-electron chi connectivity index (χ4n) is 2.61. The second kappa shape index (κ2) is 49.0. The summed E-state index contributed by atoms with van der Waals surface area (Å²) >= 11 is 0. The molecule has 298 valence electrons. The van der Waals surface area contributed by atoms with E-state index >= 15 is 0 Å². The lowest BCUT2D eigenvalue weighted by Gasteiger charge is -2.01. The van der Waals surface area contributed by atoms with Gasteiger partial charge in [-0.1, -0.05) is 151 Å². The second-order valence-corrected chi connectivity index (χ2v) is 11.4. The zero-order chi connectivity index (χ0) is 41.8. The predicted octanol–water partition coefficient (Wildman–Crippen LogP) is 14.0. The molecule has 0 atom stereocenters. The molecule has 0 saturated heterocycles. The number of nitrogens with one attached hydrogen (secondary N) is 1. The number of nitrogens with zero attached hydrogens (tertiary/aromatic N) is 5. The fraction of sp³-hybridized carbons (Fsp3) is 0.533. The van der Waals surface area contributed by atoms with Crippen molar-refractivity contribution in [3.63, 3.8) is 0 Å². The number of aromatic amines is 1. The molecule has 7 nitrogen and oxygen atoms in total. The van der Waals surface area contributed by atoms with Crippen molar-refractivity contribution >= 4 is 5.52 Å². The Balaban J connectivity index is -0.000000119. The molecule has 0 saturated carbocycles. The first-order valence-corrected chi connectivity index (χ1v) is 19.6. The third-order valence-electron chi connectivity index (χ3n) is 4.59. The minimum absolute atomic E-state index is 0.0220. The zero-order valence-electron chi connectivity index (χ0n) is 37.3. The van der Waals surface area contributed by atoms with Crippen LogP contribution >= 0.6 is 0 Å². The summed E-state index contributed by atoms with van der Waals surface area (Å²) in [6.45, 7) is 41.4. The molecule has 5 rings (SSSR count). The van der Waals surface area contributed by atoms with Gasteiger partial charge in [-0.15, -0.1) is 0 Å². The molecule has 52 heavy (non-hydrogen) atoms. The molecular formula is C45H82N6O. The summed E-state index contributed by atoms with van der Waals surface area (Å²) < 4.78 is 1.83. The maximum atomic E-state index is 10.7. The molecule has 0 aliphatic heterocycles. The quantitative estimate of drug-likeness (QED) is 0.196. The van der Waals surface area contributed by atoms with Gasteiger partial charge in [0, 0.05) is 49.4 Å². The maximum absolute atomic E-state index is 10.7. The van der Waals surface area contributed by atoms with E-state index in [1.807, 2.05) is 141 Å². The van der Waals surface area contributed by atoms with Gasteiger partial charge in [0.1, 0.15) is 6.33 Å². The van der Waals surface area contributed by atoms with Crippen LogP contribution < -0.4 is 5.56 Å². The Morgan fingerprint density at radius 3 is 1.31 bits per heavy atom. The highest BCUT2D eigenvalue weighted by Gasteiger charge is 1.97. The van der Waals surface area contributed by atoms with E-state index in [2.05, 4.69) is 94.3 Å². The van der Waals surface area contributed by atoms with E-state index in [1.54, 1.807) is 37.2 Å². The van der Waals surface area contributed by atoms with Gasteiger partial charge in [-0.05, 0) is 71.2 Å². The molecule has 0 amide bonds. The standard InChI is InChI=1S/C8H11NO.C7H6N2.C7H10N2.C5H5N.2C4H10.5C2H6/c1-6(2)7-3-4-9-8(10)5-7;1-2-6-9-7(3-1)4-5-8-9;1-6(2)7-3-8-5-9-4-7;1-2-4-6-5-3-1;2*1-4(2)3;5*1-2/h3-6H,1-2H3,(H,9,10);1-6H;3-6H,1-2H3;1-5H;2*4H,1-3H3;5*1-2H3. The van der Waals surface area contributed by atoms with Crippen molar-refractivity contribution in [2.24, 2.45) is 11.8 Å². The van der Waals surface area contributed by atoms with Crippen molar-refractivity contribution < 1.29 is 0 Å². The molecule has 0 unspecified atom stereocenters. The minimum atomic E-state index is -0.0220. The normalized spacial score (nSPS) is 8.38. The Morgan fingerprint density at radius 1 is 0.538 bits per heavy atom. The van der Waals surface area contributed by atoms with E-state index in [4.69, 9.17) is 0 Å². The van der Waals surface area contributed by atoms with Gasteiger partial charge >= 0.3 is 0 Å². The summed E-state index contributed by atoms with van der Waals surface area (Å²) in [5.74, 6) is 2.63. The van der Waals surface area contributed by atoms with E-state index in [-0.39, 0.29) is 5.56 Å². The monoisotopic (exact) mass is 723 g/mol. The van der Waals surface area contributed by atoms with Gasteiger partial charge in [-0.2, -0.15) is 5.10 Å². The Morgan fingerprint density at radius 2 is 1.00 bits per heavy atom. The van der Waals surface area contributed by atoms with Crippen LogP contribution in [0.5, 0.6) is 0 Å². The van der Waals surface area contributed by atoms with Crippen molar-refractivity contribution in [3.05, 3.63) is 126 Å². The Kier molecular flexibility index (Phi) is 56.5. The molecule has 5 aromatic rings. The smallest absolute Gasteiger partial charge is 0.248 e. The largest absolute Gasteiger partial charge is 0.329 e. The van der Waals surface area contributed by atoms with Crippen LogP contribution in [0.15, 0.2) is 109 Å². The third-order valence-corrected chi connectivity index (χ3v) is 4.59. The van der Waals surface area contributed by atoms with E-state index in [9.17, 15) is 4.79 Å². The SMILES string of the molecule is CC.CC.CC.CC.CC.CC(C)C.CC(C)C.CC(C)c1cc[nH]c(=O)c1.CC(C)c1cncnc1.c1ccn2nccc2c1.c1ccncc1. The van der Waals surface area contributed by atoms with Crippen LogP contribution in [0.25, 0.3) is 5.52 Å². The highest BCUT2D eigenvalue weighted by molar-refractivity contribution is 5.44. The Labute approximate surface area is 322 Å². The van der Waals surface area contributed by atoms with E-state index in [0.717, 1.165) is 22.9 Å². The molecule has 0 bridgehead atoms. The Bertz CT molecular complexity index is 1260. The van der Waals surface area contributed by atoms with Crippen molar-refractivity contribution in [3.8, 4) is 0 Å². The van der Waals surface area contributed by atoms with E-state index in [1.165, 1.54) is 5.56 Å². The van der Waals surface area contributed by atoms with Crippen molar-refractivity contribution in [1.29, 1.82) is 0 Å². The van der Waals surface area contributed by atoms with Gasteiger partial charge < -0.3 is 4.98 Å².